The molecule has 3 amide bonds. The monoisotopic (exact) mass is 312 g/mol. The molecule has 1 N–H and O–H groups in total. The number of carbonyl (C=O) groups is 3. The number of carbonyl (C=O) groups excluding carboxylic acids is 3. The van der Waals surface area contributed by atoms with Crippen molar-refractivity contribution >= 4 is 17.7 Å². The summed E-state index contributed by atoms with van der Waals surface area (Å²) in [4.78, 5) is 40.9. The van der Waals surface area contributed by atoms with Crippen LogP contribution in [0.5, 0.6) is 0 Å². The first kappa shape index (κ1) is 15.0. The Morgan fingerprint density at radius 1 is 1.22 bits per heavy atom. The Bertz CT molecular complexity index is 768. The SMILES string of the molecule is CN1C(=O)c2ccc(C(=O)NCCCn3ccnc3)cc2C1=O. The van der Waals surface area contributed by atoms with Crippen LogP contribution in [0.2, 0.25) is 0 Å². The Morgan fingerprint density at radius 3 is 2.74 bits per heavy atom. The highest BCUT2D eigenvalue weighted by atomic mass is 16.2. The first-order chi connectivity index (χ1) is 11.1. The Labute approximate surface area is 132 Å². The molecule has 7 nitrogen and oxygen atoms in total. The minimum Gasteiger partial charge on any atom is -0.352 e. The summed E-state index contributed by atoms with van der Waals surface area (Å²) in [5, 5.41) is 2.81. The van der Waals surface area contributed by atoms with Crippen molar-refractivity contribution in [2.45, 2.75) is 13.0 Å². The topological polar surface area (TPSA) is 84.3 Å². The maximum absolute atomic E-state index is 12.1. The van der Waals surface area contributed by atoms with Gasteiger partial charge in [0.2, 0.25) is 0 Å². The molecule has 0 bridgehead atoms. The first-order valence-electron chi connectivity index (χ1n) is 7.28. The second kappa shape index (κ2) is 6.04. The summed E-state index contributed by atoms with van der Waals surface area (Å²) in [6, 6.07) is 4.57. The minimum atomic E-state index is -0.375. The zero-order chi connectivity index (χ0) is 16.4. The van der Waals surface area contributed by atoms with E-state index in [1.165, 1.54) is 19.2 Å². The standard InChI is InChI=1S/C16H16N4O3/c1-19-15(22)12-4-3-11(9-13(12)16(19)23)14(21)18-5-2-7-20-8-6-17-10-20/h3-4,6,8-10H,2,5,7H2,1H3,(H,18,21). The number of benzene rings is 1. The molecule has 0 saturated carbocycles. The minimum absolute atomic E-state index is 0.256. The molecule has 3 rings (SSSR count). The molecule has 1 aromatic carbocycles. The molecule has 2 heterocycles. The maximum Gasteiger partial charge on any atom is 0.261 e. The van der Waals surface area contributed by atoms with Crippen molar-refractivity contribution in [3.8, 4) is 0 Å². The molecule has 0 aliphatic carbocycles. The highest BCUT2D eigenvalue weighted by Gasteiger charge is 2.33. The van der Waals surface area contributed by atoms with Crippen molar-refractivity contribution in [3.05, 3.63) is 53.6 Å². The molecule has 2 aromatic rings. The highest BCUT2D eigenvalue weighted by Crippen LogP contribution is 2.22. The van der Waals surface area contributed by atoms with Crippen LogP contribution in [0.1, 0.15) is 37.5 Å². The summed E-state index contributed by atoms with van der Waals surface area (Å²) in [5.74, 6) is -0.967. The Balaban J connectivity index is 1.60. The van der Waals surface area contributed by atoms with Crippen LogP contribution < -0.4 is 5.32 Å². The summed E-state index contributed by atoms with van der Waals surface area (Å²) >= 11 is 0. The molecule has 23 heavy (non-hydrogen) atoms. The van der Waals surface area contributed by atoms with Crippen molar-refractivity contribution in [1.82, 2.24) is 19.8 Å². The van der Waals surface area contributed by atoms with E-state index in [2.05, 4.69) is 10.3 Å². The Hall–Kier alpha value is -2.96. The van der Waals surface area contributed by atoms with E-state index in [-0.39, 0.29) is 23.3 Å². The van der Waals surface area contributed by atoms with Gasteiger partial charge in [0, 0.05) is 38.1 Å². The van der Waals surface area contributed by atoms with Crippen LogP contribution in [0.3, 0.4) is 0 Å². The second-order valence-electron chi connectivity index (χ2n) is 5.34. The van der Waals surface area contributed by atoms with Gasteiger partial charge >= 0.3 is 0 Å². The van der Waals surface area contributed by atoms with Gasteiger partial charge in [-0.2, -0.15) is 0 Å². The quantitative estimate of drug-likeness (QED) is 0.657. The number of amides is 3. The van der Waals surface area contributed by atoms with E-state index in [0.29, 0.717) is 17.7 Å². The summed E-state index contributed by atoms with van der Waals surface area (Å²) in [6.07, 6.45) is 6.06. The normalized spacial score (nSPS) is 13.3. The summed E-state index contributed by atoms with van der Waals surface area (Å²) in [5.41, 5.74) is 1.00. The van der Waals surface area contributed by atoms with E-state index in [4.69, 9.17) is 0 Å². The van der Waals surface area contributed by atoms with Crippen molar-refractivity contribution < 1.29 is 14.4 Å². The van der Waals surface area contributed by atoms with Crippen LogP contribution in [0.15, 0.2) is 36.9 Å². The van der Waals surface area contributed by atoms with Crippen molar-refractivity contribution in [2.75, 3.05) is 13.6 Å². The third-order valence-corrected chi connectivity index (χ3v) is 3.79. The summed E-state index contributed by atoms with van der Waals surface area (Å²) < 4.78 is 1.93. The lowest BCUT2D eigenvalue weighted by Crippen LogP contribution is -2.25. The van der Waals surface area contributed by atoms with Gasteiger partial charge in [-0.25, -0.2) is 4.98 Å². The fourth-order valence-corrected chi connectivity index (χ4v) is 2.49. The van der Waals surface area contributed by atoms with Gasteiger partial charge in [0.1, 0.15) is 0 Å². The third kappa shape index (κ3) is 2.85. The smallest absolute Gasteiger partial charge is 0.261 e. The lowest BCUT2D eigenvalue weighted by Gasteiger charge is -2.06. The molecule has 0 saturated heterocycles. The van der Waals surface area contributed by atoms with Crippen LogP contribution >= 0.6 is 0 Å². The van der Waals surface area contributed by atoms with Crippen LogP contribution in [-0.4, -0.2) is 45.8 Å². The number of aryl methyl sites for hydroxylation is 1. The average Bonchev–Trinajstić information content (AvgIpc) is 3.15. The third-order valence-electron chi connectivity index (χ3n) is 3.79. The van der Waals surface area contributed by atoms with Crippen molar-refractivity contribution in [3.63, 3.8) is 0 Å². The average molecular weight is 312 g/mol. The predicted octanol–water partition coefficient (Wildman–Crippen LogP) is 0.929. The van der Waals surface area contributed by atoms with Gasteiger partial charge in [0.25, 0.3) is 17.7 Å². The van der Waals surface area contributed by atoms with Crippen molar-refractivity contribution in [2.24, 2.45) is 0 Å². The van der Waals surface area contributed by atoms with Crippen LogP contribution in [0.25, 0.3) is 0 Å². The van der Waals surface area contributed by atoms with Gasteiger partial charge in [-0.1, -0.05) is 0 Å². The van der Waals surface area contributed by atoms with Gasteiger partial charge < -0.3 is 9.88 Å². The van der Waals surface area contributed by atoms with Crippen molar-refractivity contribution in [1.29, 1.82) is 0 Å². The van der Waals surface area contributed by atoms with Gasteiger partial charge in [0.05, 0.1) is 17.5 Å². The van der Waals surface area contributed by atoms with Gasteiger partial charge in [-0.3, -0.25) is 19.3 Å². The van der Waals surface area contributed by atoms with Crippen LogP contribution in [-0.2, 0) is 6.54 Å². The molecule has 0 atom stereocenters. The zero-order valence-corrected chi connectivity index (χ0v) is 12.7. The van der Waals surface area contributed by atoms with E-state index in [9.17, 15) is 14.4 Å². The highest BCUT2D eigenvalue weighted by molar-refractivity contribution is 6.21. The van der Waals surface area contributed by atoms with Crippen LogP contribution in [0.4, 0.5) is 0 Å². The predicted molar refractivity (Wildman–Crippen MR) is 82.0 cm³/mol. The molecule has 1 aliphatic rings. The molecular weight excluding hydrogens is 296 g/mol. The largest absolute Gasteiger partial charge is 0.352 e. The number of hydrogen-bond acceptors (Lipinski definition) is 4. The number of imidazole rings is 1. The van der Waals surface area contributed by atoms with Gasteiger partial charge in [-0.15, -0.1) is 0 Å². The van der Waals surface area contributed by atoms with E-state index >= 15 is 0 Å². The molecular formula is C16H16N4O3. The van der Waals surface area contributed by atoms with Gasteiger partial charge in [-0.05, 0) is 24.6 Å². The molecule has 0 fully saturated rings. The maximum atomic E-state index is 12.1. The molecule has 0 unspecified atom stereocenters. The number of nitrogens with one attached hydrogen (secondary N) is 1. The molecule has 7 heteroatoms. The number of hydrogen-bond donors (Lipinski definition) is 1. The molecule has 1 aromatic heterocycles. The molecule has 118 valence electrons. The number of imide groups is 1. The lowest BCUT2D eigenvalue weighted by molar-refractivity contribution is 0.0693. The summed E-state index contributed by atoms with van der Waals surface area (Å²) in [7, 11) is 1.43. The summed E-state index contributed by atoms with van der Waals surface area (Å²) in [6.45, 7) is 1.28. The number of rotatable bonds is 5. The Kier molecular flexibility index (Phi) is 3.92. The first-order valence-corrected chi connectivity index (χ1v) is 7.28. The Morgan fingerprint density at radius 2 is 2.00 bits per heavy atom. The van der Waals surface area contributed by atoms with E-state index < -0.39 is 0 Å². The number of aromatic nitrogens is 2. The molecule has 0 spiro atoms. The number of fused-ring (bicyclic) bond motifs is 1. The van der Waals surface area contributed by atoms with E-state index in [1.54, 1.807) is 18.6 Å². The van der Waals surface area contributed by atoms with E-state index in [0.717, 1.165) is 17.9 Å². The second-order valence-corrected chi connectivity index (χ2v) is 5.34. The fraction of sp³-hybridized carbons (Fsp3) is 0.250. The van der Waals surface area contributed by atoms with Gasteiger partial charge in [0.15, 0.2) is 0 Å². The number of nitrogens with zero attached hydrogens (tertiary/aromatic N) is 3. The molecule has 0 radical (unpaired) electrons. The fourth-order valence-electron chi connectivity index (χ4n) is 2.49. The molecule has 1 aliphatic heterocycles. The van der Waals surface area contributed by atoms with E-state index in [1.807, 2.05) is 10.8 Å². The zero-order valence-electron chi connectivity index (χ0n) is 12.7. The van der Waals surface area contributed by atoms with Crippen LogP contribution in [0, 0.1) is 0 Å². The lowest BCUT2D eigenvalue weighted by atomic mass is 10.1.